The predicted octanol–water partition coefficient (Wildman–Crippen LogP) is 20.3. The molecule has 0 amide bonds. The number of nitrogens with two attached hydrogens (primary N) is 6. The highest BCUT2D eigenvalue weighted by atomic mass is 16.3. The predicted molar refractivity (Wildman–Crippen MR) is 537 cm³/mol. The van der Waals surface area contributed by atoms with Crippen molar-refractivity contribution in [2.24, 2.45) is 0 Å². The van der Waals surface area contributed by atoms with Crippen LogP contribution in [-0.2, 0) is 0 Å². The number of aromatic nitrogens is 22. The maximum atomic E-state index is 9.28. The molecule has 0 radical (unpaired) electrons. The molecule has 0 aliphatic heterocycles. The van der Waals surface area contributed by atoms with Gasteiger partial charge in [0.2, 0.25) is 0 Å². The summed E-state index contributed by atoms with van der Waals surface area (Å²) < 4.78 is 12.6. The minimum Gasteiger partial charge on any atom is -0.460 e. The number of nitriles is 1. The Kier molecular flexibility index (Phi) is 25.3. The lowest BCUT2D eigenvalue weighted by Crippen LogP contribution is -2.05. The number of rotatable bonds is 12. The number of oxazole rings is 1. The van der Waals surface area contributed by atoms with Gasteiger partial charge in [0.05, 0.1) is 104 Å². The van der Waals surface area contributed by atoms with Crippen molar-refractivity contribution >= 4 is 101 Å². The average molecular weight is 1800 g/mol. The molecule has 0 aliphatic rings. The third kappa shape index (κ3) is 19.8. The summed E-state index contributed by atoms with van der Waals surface area (Å²) in [5, 5.41) is 17.6. The molecule has 31 heteroatoms. The number of fused-ring (bicyclic) bond motifs is 6. The molecule has 0 aliphatic carbocycles. The SMILES string of the molecule is Cc1ccc(-c2nc(N)cnc2-c2ccc3ncccc3c2)o1.N#Cc1nc(-c2ccc3ncccc3c2)c(-c2ccccc2)nc1N.Nc1cnc(-c2ccc3ncccc3c2)c(-n2cccn2)n1.Nc1cnc(-c2ccc3ncccc3n2)c(-c2ccccc2)n1.Nc1cnc(-c2ccc3ocnc3c2)c(-c2ccccc2)n1.Nc1cnc(-c2cnc3ncccc3c2)c(-c2ccccc2)n1. The van der Waals surface area contributed by atoms with Crippen LogP contribution in [0.5, 0.6) is 0 Å². The van der Waals surface area contributed by atoms with E-state index in [1.165, 1.54) is 6.39 Å². The topological polar surface area (TPSA) is 482 Å². The van der Waals surface area contributed by atoms with Gasteiger partial charge in [-0.3, -0.25) is 29.9 Å². The summed E-state index contributed by atoms with van der Waals surface area (Å²) in [7, 11) is 0. The van der Waals surface area contributed by atoms with E-state index >= 15 is 0 Å². The Morgan fingerprint density at radius 2 is 0.710 bits per heavy atom. The molecule has 662 valence electrons. The Balaban J connectivity index is 0.000000106. The maximum Gasteiger partial charge on any atom is 0.183 e. The highest BCUT2D eigenvalue weighted by molar-refractivity contribution is 5.92. The number of nitrogens with zero attached hydrogens (tertiary/aromatic N) is 23. The first-order valence-electron chi connectivity index (χ1n) is 43.0. The van der Waals surface area contributed by atoms with Crippen LogP contribution in [-0.4, -0.2) is 109 Å². The van der Waals surface area contributed by atoms with Gasteiger partial charge in [0.1, 0.15) is 69.2 Å². The molecular formula is C107H77N29O2. The van der Waals surface area contributed by atoms with Gasteiger partial charge in [-0.1, -0.05) is 158 Å². The van der Waals surface area contributed by atoms with Crippen LogP contribution in [0.4, 0.5) is 34.9 Å². The second-order valence-electron chi connectivity index (χ2n) is 30.8. The van der Waals surface area contributed by atoms with Gasteiger partial charge in [-0.2, -0.15) is 10.4 Å². The van der Waals surface area contributed by atoms with Gasteiger partial charge in [0, 0.05) is 121 Å². The molecule has 24 aromatic rings. The summed E-state index contributed by atoms with van der Waals surface area (Å²) in [4.78, 5) is 88.2. The summed E-state index contributed by atoms with van der Waals surface area (Å²) in [6.45, 7) is 1.89. The van der Waals surface area contributed by atoms with Gasteiger partial charge in [-0.15, -0.1) is 0 Å². The molecule has 16 heterocycles. The molecule has 0 bridgehead atoms. The van der Waals surface area contributed by atoms with Crippen LogP contribution in [0.15, 0.2) is 387 Å². The van der Waals surface area contributed by atoms with Crippen molar-refractivity contribution in [3.8, 4) is 136 Å². The third-order valence-electron chi connectivity index (χ3n) is 21.5. The smallest absolute Gasteiger partial charge is 0.183 e. The van der Waals surface area contributed by atoms with E-state index < -0.39 is 0 Å². The number of furan rings is 1. The summed E-state index contributed by atoms with van der Waals surface area (Å²) >= 11 is 0. The summed E-state index contributed by atoms with van der Waals surface area (Å²) in [6, 6.07) is 95.8. The third-order valence-corrected chi connectivity index (χ3v) is 21.5. The molecule has 31 nitrogen and oxygen atoms in total. The zero-order valence-corrected chi connectivity index (χ0v) is 73.4. The van der Waals surface area contributed by atoms with Crippen LogP contribution >= 0.6 is 0 Å². The summed E-state index contributed by atoms with van der Waals surface area (Å²) in [6.07, 6.45) is 23.3. The van der Waals surface area contributed by atoms with E-state index in [9.17, 15) is 5.26 Å². The Hall–Kier alpha value is -20.2. The van der Waals surface area contributed by atoms with Gasteiger partial charge in [-0.25, -0.2) is 74.5 Å². The molecule has 138 heavy (non-hydrogen) atoms. The highest BCUT2D eigenvalue weighted by Gasteiger charge is 2.22. The molecular weight excluding hydrogens is 1720 g/mol. The molecule has 24 rings (SSSR count). The Morgan fingerprint density at radius 1 is 0.283 bits per heavy atom. The minimum atomic E-state index is 0.126. The molecule has 0 saturated carbocycles. The molecule has 0 spiro atoms. The minimum absolute atomic E-state index is 0.126. The fourth-order valence-corrected chi connectivity index (χ4v) is 15.1. The van der Waals surface area contributed by atoms with Crippen molar-refractivity contribution in [3.63, 3.8) is 0 Å². The molecule has 0 unspecified atom stereocenters. The lowest BCUT2D eigenvalue weighted by atomic mass is 10.0. The van der Waals surface area contributed by atoms with Gasteiger partial charge in [0.25, 0.3) is 0 Å². The second kappa shape index (κ2) is 40.1. The number of hydrogen-bond acceptors (Lipinski definition) is 30. The lowest BCUT2D eigenvalue weighted by molar-refractivity contribution is 0.546. The molecule has 0 fully saturated rings. The van der Waals surface area contributed by atoms with Crippen molar-refractivity contribution in [1.29, 1.82) is 5.26 Å². The fourth-order valence-electron chi connectivity index (χ4n) is 15.1. The van der Waals surface area contributed by atoms with Gasteiger partial charge < -0.3 is 43.2 Å². The summed E-state index contributed by atoms with van der Waals surface area (Å²) in [5.74, 6) is 4.10. The zero-order valence-electron chi connectivity index (χ0n) is 73.4. The standard InChI is InChI=1S/C20H13N5.2C18H13N5.C18H14N4O.C17H12N4O.C16H12N6/c21-12-17-20(22)25-18(13-5-2-1-3-6-13)19(24-17)15-8-9-16-14(11-15)7-4-10-23-16;19-16-11-21-18(17(23-16)12-5-2-1-3-6-12)15-9-8-13-14(22-15)7-4-10-20-13;19-15-11-21-16(17(23-15)12-5-2-1-3-6-12)14-9-13-7-4-8-20-18(13)22-10-14;1-11-4-7-15(23-11)18-17(21-10-16(19)22-18)13-5-6-14-12(9-13)3-2-8-20-14;18-15-9-19-16(17(21-15)11-4-2-1-3-5-11)12-6-7-14-13(8-12)20-10-22-14;17-14-10-19-15(16(21-14)22-8-2-7-20-22)12-4-5-13-11(9-12)3-1-6-18-13/h1-11H,(H2,22,25);2*1-11H,(H2,19,23);2-10H,1H3,(H2,19,22);1-10H,(H2,18,21);1-10H,(H2,17,21). The van der Waals surface area contributed by atoms with Crippen LogP contribution in [0.1, 0.15) is 11.5 Å². The monoisotopic (exact) mass is 1800 g/mol. The second-order valence-corrected chi connectivity index (χ2v) is 30.8. The van der Waals surface area contributed by atoms with Crippen LogP contribution in [0.3, 0.4) is 0 Å². The van der Waals surface area contributed by atoms with Crippen LogP contribution in [0.2, 0.25) is 0 Å². The maximum absolute atomic E-state index is 9.28. The fraction of sp³-hybridized carbons (Fsp3) is 0.00935. The number of aryl methyl sites for hydroxylation is 1. The van der Waals surface area contributed by atoms with Gasteiger partial charge in [-0.05, 0) is 140 Å². The first-order chi connectivity index (χ1) is 67.7. The Morgan fingerprint density at radius 3 is 1.24 bits per heavy atom. The normalized spacial score (nSPS) is 10.8. The number of nitrogen functional groups attached to an aromatic ring is 6. The molecule has 0 atom stereocenters. The zero-order chi connectivity index (χ0) is 94.2. The van der Waals surface area contributed by atoms with Crippen molar-refractivity contribution in [2.75, 3.05) is 34.4 Å². The quantitative estimate of drug-likeness (QED) is 0.0661. The van der Waals surface area contributed by atoms with E-state index in [0.717, 1.165) is 162 Å². The Bertz CT molecular complexity index is 8390. The molecule has 0 saturated heterocycles. The largest absolute Gasteiger partial charge is 0.460 e. The number of pyridine rings is 7. The number of hydrogen-bond donors (Lipinski definition) is 6. The molecule has 16 aromatic heterocycles. The molecule has 12 N–H and O–H groups in total. The lowest BCUT2D eigenvalue weighted by Gasteiger charge is -2.11. The van der Waals surface area contributed by atoms with Crippen molar-refractivity contribution in [2.45, 2.75) is 6.92 Å². The van der Waals surface area contributed by atoms with E-state index in [4.69, 9.17) is 43.2 Å². The van der Waals surface area contributed by atoms with Crippen molar-refractivity contribution < 1.29 is 8.83 Å². The van der Waals surface area contributed by atoms with E-state index in [0.29, 0.717) is 69.1 Å². The Labute approximate surface area is 786 Å². The van der Waals surface area contributed by atoms with Crippen LogP contribution in [0, 0.1) is 18.3 Å². The van der Waals surface area contributed by atoms with Crippen molar-refractivity contribution in [3.05, 3.63) is 390 Å². The van der Waals surface area contributed by atoms with Gasteiger partial charge >= 0.3 is 0 Å². The van der Waals surface area contributed by atoms with E-state index in [2.05, 4.69) is 105 Å². The molecule has 8 aromatic carbocycles. The summed E-state index contributed by atoms with van der Waals surface area (Å²) in [5.41, 5.74) is 58.7. The van der Waals surface area contributed by atoms with E-state index in [1.807, 2.05) is 310 Å². The van der Waals surface area contributed by atoms with Crippen molar-refractivity contribution in [1.82, 2.24) is 109 Å². The number of benzene rings is 8. The van der Waals surface area contributed by atoms with Crippen LogP contribution < -0.4 is 34.4 Å². The first-order valence-corrected chi connectivity index (χ1v) is 43.0. The van der Waals surface area contributed by atoms with Gasteiger partial charge in [0.15, 0.2) is 40.7 Å². The van der Waals surface area contributed by atoms with Crippen LogP contribution in [0.25, 0.3) is 196 Å². The average Bonchev–Trinajstić information content (AvgIpc) is 1.49. The first kappa shape index (κ1) is 87.2. The van der Waals surface area contributed by atoms with E-state index in [-0.39, 0.29) is 11.5 Å². The number of anilines is 6. The highest BCUT2D eigenvalue weighted by Crippen LogP contribution is 2.38. The van der Waals surface area contributed by atoms with E-state index in [1.54, 1.807) is 79.0 Å².